The molecule has 0 amide bonds. The lowest BCUT2D eigenvalue weighted by molar-refractivity contribution is 0.475. The standard InChI is InChI=1S/C16H18ClNO/c1-10-8-14(17)9-11(2)16(10)19-15-6-4-13(5-7-15)12(3)18/h4-9,12H,18H2,1-3H3/t12-/m0/s1. The second kappa shape index (κ2) is 5.64. The first-order valence-electron chi connectivity index (χ1n) is 6.27. The first kappa shape index (κ1) is 13.9. The maximum Gasteiger partial charge on any atom is 0.133 e. The second-order valence-corrected chi connectivity index (χ2v) is 5.26. The lowest BCUT2D eigenvalue weighted by Crippen LogP contribution is -2.04. The van der Waals surface area contributed by atoms with Gasteiger partial charge in [-0.05, 0) is 61.7 Å². The Labute approximate surface area is 119 Å². The van der Waals surface area contributed by atoms with Gasteiger partial charge in [0.2, 0.25) is 0 Å². The van der Waals surface area contributed by atoms with Crippen LogP contribution in [-0.4, -0.2) is 0 Å². The zero-order chi connectivity index (χ0) is 14.0. The van der Waals surface area contributed by atoms with Gasteiger partial charge in [-0.15, -0.1) is 0 Å². The van der Waals surface area contributed by atoms with Gasteiger partial charge in [0.15, 0.2) is 0 Å². The van der Waals surface area contributed by atoms with E-state index in [1.807, 2.05) is 57.2 Å². The van der Waals surface area contributed by atoms with E-state index in [1.165, 1.54) is 0 Å². The highest BCUT2D eigenvalue weighted by molar-refractivity contribution is 6.30. The van der Waals surface area contributed by atoms with Crippen LogP contribution in [0.3, 0.4) is 0 Å². The van der Waals surface area contributed by atoms with Crippen LogP contribution in [-0.2, 0) is 0 Å². The summed E-state index contributed by atoms with van der Waals surface area (Å²) < 4.78 is 5.93. The number of ether oxygens (including phenoxy) is 1. The van der Waals surface area contributed by atoms with Crippen molar-refractivity contribution >= 4 is 11.6 Å². The van der Waals surface area contributed by atoms with Crippen LogP contribution >= 0.6 is 11.6 Å². The average molecular weight is 276 g/mol. The van der Waals surface area contributed by atoms with E-state index < -0.39 is 0 Å². The molecule has 0 saturated heterocycles. The molecule has 2 aromatic rings. The van der Waals surface area contributed by atoms with Crippen LogP contribution in [0.15, 0.2) is 36.4 Å². The van der Waals surface area contributed by atoms with Gasteiger partial charge in [-0.3, -0.25) is 0 Å². The number of halogens is 1. The fourth-order valence-corrected chi connectivity index (χ4v) is 2.34. The van der Waals surface area contributed by atoms with Crippen LogP contribution in [0, 0.1) is 13.8 Å². The zero-order valence-corrected chi connectivity index (χ0v) is 12.2. The molecule has 0 fully saturated rings. The van der Waals surface area contributed by atoms with Crippen molar-refractivity contribution in [1.29, 1.82) is 0 Å². The van der Waals surface area contributed by atoms with E-state index in [4.69, 9.17) is 22.1 Å². The Bertz CT molecular complexity index is 553. The number of benzene rings is 2. The van der Waals surface area contributed by atoms with E-state index in [0.29, 0.717) is 0 Å². The van der Waals surface area contributed by atoms with Crippen LogP contribution in [0.25, 0.3) is 0 Å². The summed E-state index contributed by atoms with van der Waals surface area (Å²) in [7, 11) is 0. The highest BCUT2D eigenvalue weighted by Gasteiger charge is 2.07. The third kappa shape index (κ3) is 3.28. The Balaban J connectivity index is 2.26. The molecule has 0 heterocycles. The molecular formula is C16H18ClNO. The van der Waals surface area contributed by atoms with E-state index in [0.717, 1.165) is 33.2 Å². The molecule has 2 aromatic carbocycles. The van der Waals surface area contributed by atoms with Gasteiger partial charge in [-0.1, -0.05) is 23.7 Å². The monoisotopic (exact) mass is 275 g/mol. The van der Waals surface area contributed by atoms with Crippen molar-refractivity contribution in [2.75, 3.05) is 0 Å². The van der Waals surface area contributed by atoms with Gasteiger partial charge in [0.05, 0.1) is 0 Å². The molecule has 3 heteroatoms. The zero-order valence-electron chi connectivity index (χ0n) is 11.4. The summed E-state index contributed by atoms with van der Waals surface area (Å²) in [6.45, 7) is 5.94. The molecule has 100 valence electrons. The Kier molecular flexibility index (Phi) is 4.13. The largest absolute Gasteiger partial charge is 0.457 e. The maximum absolute atomic E-state index is 6.01. The molecule has 0 aromatic heterocycles. The summed E-state index contributed by atoms with van der Waals surface area (Å²) in [4.78, 5) is 0. The summed E-state index contributed by atoms with van der Waals surface area (Å²) >= 11 is 6.01. The Morgan fingerprint density at radius 2 is 1.58 bits per heavy atom. The van der Waals surface area contributed by atoms with Gasteiger partial charge in [0.25, 0.3) is 0 Å². The first-order chi connectivity index (χ1) is 8.97. The van der Waals surface area contributed by atoms with Gasteiger partial charge in [0.1, 0.15) is 11.5 Å². The van der Waals surface area contributed by atoms with E-state index in [1.54, 1.807) is 0 Å². The Morgan fingerprint density at radius 1 is 1.05 bits per heavy atom. The molecule has 0 aliphatic carbocycles. The highest BCUT2D eigenvalue weighted by atomic mass is 35.5. The van der Waals surface area contributed by atoms with Gasteiger partial charge < -0.3 is 10.5 Å². The summed E-state index contributed by atoms with van der Waals surface area (Å²) in [5.41, 5.74) is 8.98. The van der Waals surface area contributed by atoms with Crippen molar-refractivity contribution in [3.8, 4) is 11.5 Å². The normalized spacial score (nSPS) is 12.3. The molecule has 0 spiro atoms. The number of hydrogen-bond acceptors (Lipinski definition) is 2. The van der Waals surface area contributed by atoms with Gasteiger partial charge in [0, 0.05) is 11.1 Å². The molecule has 2 rings (SSSR count). The molecule has 0 aliphatic rings. The quantitative estimate of drug-likeness (QED) is 0.876. The fraction of sp³-hybridized carbons (Fsp3) is 0.250. The third-order valence-electron chi connectivity index (χ3n) is 3.05. The lowest BCUT2D eigenvalue weighted by Gasteiger charge is -2.13. The molecule has 0 saturated carbocycles. The molecular weight excluding hydrogens is 258 g/mol. The van der Waals surface area contributed by atoms with Gasteiger partial charge in [-0.25, -0.2) is 0 Å². The van der Waals surface area contributed by atoms with Crippen LogP contribution in [0.4, 0.5) is 0 Å². The van der Waals surface area contributed by atoms with E-state index in [2.05, 4.69) is 0 Å². The molecule has 0 radical (unpaired) electrons. The van der Waals surface area contributed by atoms with E-state index in [9.17, 15) is 0 Å². The topological polar surface area (TPSA) is 35.2 Å². The minimum atomic E-state index is 0.0352. The van der Waals surface area contributed by atoms with Crippen molar-refractivity contribution < 1.29 is 4.74 Å². The molecule has 1 atom stereocenters. The third-order valence-corrected chi connectivity index (χ3v) is 3.27. The maximum atomic E-state index is 6.01. The van der Waals surface area contributed by atoms with Crippen molar-refractivity contribution in [3.63, 3.8) is 0 Å². The van der Waals surface area contributed by atoms with Crippen molar-refractivity contribution in [1.82, 2.24) is 0 Å². The molecule has 0 unspecified atom stereocenters. The lowest BCUT2D eigenvalue weighted by atomic mass is 10.1. The van der Waals surface area contributed by atoms with E-state index >= 15 is 0 Å². The van der Waals surface area contributed by atoms with Crippen molar-refractivity contribution in [2.45, 2.75) is 26.8 Å². The summed E-state index contributed by atoms with van der Waals surface area (Å²) in [5.74, 6) is 1.66. The molecule has 0 aliphatic heterocycles. The summed E-state index contributed by atoms with van der Waals surface area (Å²) in [6, 6.07) is 11.7. The molecule has 2 N–H and O–H groups in total. The SMILES string of the molecule is Cc1cc(Cl)cc(C)c1Oc1ccc([C@H](C)N)cc1. The smallest absolute Gasteiger partial charge is 0.133 e. The summed E-state index contributed by atoms with van der Waals surface area (Å²) in [6.07, 6.45) is 0. The molecule has 2 nitrogen and oxygen atoms in total. The minimum Gasteiger partial charge on any atom is -0.457 e. The van der Waals surface area contributed by atoms with Crippen LogP contribution in [0.1, 0.15) is 29.7 Å². The Hall–Kier alpha value is -1.51. The number of rotatable bonds is 3. The number of aryl methyl sites for hydroxylation is 2. The van der Waals surface area contributed by atoms with Crippen LogP contribution < -0.4 is 10.5 Å². The minimum absolute atomic E-state index is 0.0352. The first-order valence-corrected chi connectivity index (χ1v) is 6.65. The van der Waals surface area contributed by atoms with Gasteiger partial charge >= 0.3 is 0 Å². The summed E-state index contributed by atoms with van der Waals surface area (Å²) in [5, 5.41) is 0.731. The average Bonchev–Trinajstić information content (AvgIpc) is 2.34. The Morgan fingerprint density at radius 3 is 2.05 bits per heavy atom. The number of hydrogen-bond donors (Lipinski definition) is 1. The predicted molar refractivity (Wildman–Crippen MR) is 80.0 cm³/mol. The van der Waals surface area contributed by atoms with Gasteiger partial charge in [-0.2, -0.15) is 0 Å². The number of nitrogens with two attached hydrogens (primary N) is 1. The fourth-order valence-electron chi connectivity index (χ4n) is 2.02. The molecule has 19 heavy (non-hydrogen) atoms. The van der Waals surface area contributed by atoms with Crippen molar-refractivity contribution in [3.05, 3.63) is 58.1 Å². The second-order valence-electron chi connectivity index (χ2n) is 4.83. The predicted octanol–water partition coefficient (Wildman–Crippen LogP) is 4.77. The van der Waals surface area contributed by atoms with Crippen molar-refractivity contribution in [2.24, 2.45) is 5.73 Å². The van der Waals surface area contributed by atoms with Crippen LogP contribution in [0.5, 0.6) is 11.5 Å². The van der Waals surface area contributed by atoms with E-state index in [-0.39, 0.29) is 6.04 Å². The highest BCUT2D eigenvalue weighted by Crippen LogP contribution is 2.31. The van der Waals surface area contributed by atoms with Crippen LogP contribution in [0.2, 0.25) is 5.02 Å². The molecule has 0 bridgehead atoms.